The molecule has 0 saturated carbocycles. The minimum absolute atomic E-state index is 0.676. The Morgan fingerprint density at radius 3 is 2.45 bits per heavy atom. The van der Waals surface area contributed by atoms with E-state index in [0.717, 1.165) is 17.7 Å². The average molecular weight is 271 g/mol. The molecule has 0 saturated heterocycles. The summed E-state index contributed by atoms with van der Waals surface area (Å²) in [5.74, 6) is 0.781. The lowest BCUT2D eigenvalue weighted by Gasteiger charge is -2.11. The fourth-order valence-corrected chi connectivity index (χ4v) is 2.08. The molecule has 1 atom stereocenters. The van der Waals surface area contributed by atoms with Gasteiger partial charge in [0.25, 0.3) is 0 Å². The molecule has 1 heterocycles. The first kappa shape index (κ1) is 14.5. The van der Waals surface area contributed by atoms with Gasteiger partial charge in [0.05, 0.1) is 12.8 Å². The van der Waals surface area contributed by atoms with Crippen LogP contribution < -0.4 is 4.74 Å². The first-order valence-electron chi connectivity index (χ1n) is 7.01. The second-order valence-corrected chi connectivity index (χ2v) is 4.87. The van der Waals surface area contributed by atoms with Crippen molar-refractivity contribution in [3.63, 3.8) is 0 Å². The van der Waals surface area contributed by atoms with Crippen molar-refractivity contribution in [3.8, 4) is 5.75 Å². The molecule has 1 N–H and O–H groups in total. The molecular weight excluding hydrogens is 250 g/mol. The van der Waals surface area contributed by atoms with Crippen LogP contribution in [-0.4, -0.2) is 17.2 Å². The molecule has 20 heavy (non-hydrogen) atoms. The van der Waals surface area contributed by atoms with Crippen molar-refractivity contribution in [1.82, 2.24) is 4.98 Å². The van der Waals surface area contributed by atoms with Gasteiger partial charge >= 0.3 is 0 Å². The number of aromatic nitrogens is 1. The van der Waals surface area contributed by atoms with Gasteiger partial charge in [0.15, 0.2) is 0 Å². The van der Waals surface area contributed by atoms with Crippen LogP contribution in [0, 0.1) is 0 Å². The molecule has 0 aliphatic rings. The van der Waals surface area contributed by atoms with Crippen molar-refractivity contribution in [2.75, 3.05) is 7.11 Å². The number of rotatable bonds is 6. The van der Waals surface area contributed by atoms with Crippen molar-refractivity contribution in [2.45, 2.75) is 32.3 Å². The Kier molecular flexibility index (Phi) is 5.13. The monoisotopic (exact) mass is 271 g/mol. The number of nitrogens with zero attached hydrogens (tertiary/aromatic N) is 1. The molecule has 1 aromatic carbocycles. The number of ether oxygens (including phenoxy) is 1. The molecule has 3 heteroatoms. The topological polar surface area (TPSA) is 42.4 Å². The second kappa shape index (κ2) is 7.06. The second-order valence-electron chi connectivity index (χ2n) is 4.87. The first-order valence-corrected chi connectivity index (χ1v) is 7.01. The van der Waals surface area contributed by atoms with Gasteiger partial charge in [-0.05, 0) is 42.2 Å². The third kappa shape index (κ3) is 3.58. The normalized spacial score (nSPS) is 12.2. The van der Waals surface area contributed by atoms with Gasteiger partial charge in [0.1, 0.15) is 11.9 Å². The number of hydrogen-bond acceptors (Lipinski definition) is 3. The van der Waals surface area contributed by atoms with Crippen LogP contribution in [0.4, 0.5) is 0 Å². The fourth-order valence-electron chi connectivity index (χ4n) is 2.08. The average Bonchev–Trinajstić information content (AvgIpc) is 2.53. The number of hydrogen-bond donors (Lipinski definition) is 1. The quantitative estimate of drug-likeness (QED) is 0.874. The van der Waals surface area contributed by atoms with Crippen LogP contribution in [0.5, 0.6) is 5.75 Å². The summed E-state index contributed by atoms with van der Waals surface area (Å²) >= 11 is 0. The van der Waals surface area contributed by atoms with Gasteiger partial charge in [-0.3, -0.25) is 4.98 Å². The van der Waals surface area contributed by atoms with Crippen LogP contribution in [0.3, 0.4) is 0 Å². The molecule has 1 unspecified atom stereocenters. The van der Waals surface area contributed by atoms with E-state index in [-0.39, 0.29) is 0 Å². The Bertz CT molecular complexity index is 520. The molecule has 0 amide bonds. The van der Waals surface area contributed by atoms with E-state index < -0.39 is 6.10 Å². The molecule has 0 radical (unpaired) electrons. The van der Waals surface area contributed by atoms with Crippen LogP contribution >= 0.6 is 0 Å². The highest BCUT2D eigenvalue weighted by Gasteiger charge is 2.11. The van der Waals surface area contributed by atoms with E-state index in [9.17, 15) is 5.11 Å². The summed E-state index contributed by atoms with van der Waals surface area (Å²) in [6.07, 6.45) is 4.56. The standard InChI is InChI=1S/C17H21NO2/c1-3-4-5-13-6-11-16(18-12-13)17(19)14-7-9-15(20-2)10-8-14/h6-12,17,19H,3-5H2,1-2H3. The van der Waals surface area contributed by atoms with Crippen molar-refractivity contribution in [2.24, 2.45) is 0 Å². The zero-order chi connectivity index (χ0) is 14.4. The van der Waals surface area contributed by atoms with Crippen molar-refractivity contribution in [1.29, 1.82) is 0 Å². The number of methoxy groups -OCH3 is 1. The summed E-state index contributed by atoms with van der Waals surface area (Å²) in [7, 11) is 1.63. The van der Waals surface area contributed by atoms with E-state index in [1.807, 2.05) is 42.6 Å². The van der Waals surface area contributed by atoms with E-state index in [2.05, 4.69) is 11.9 Å². The van der Waals surface area contributed by atoms with E-state index in [4.69, 9.17) is 4.74 Å². The SMILES string of the molecule is CCCCc1ccc(C(O)c2ccc(OC)cc2)nc1. The Hall–Kier alpha value is -1.87. The molecule has 2 rings (SSSR count). The zero-order valence-electron chi connectivity index (χ0n) is 12.0. The summed E-state index contributed by atoms with van der Waals surface area (Å²) < 4.78 is 5.11. The molecule has 1 aromatic heterocycles. The predicted molar refractivity (Wildman–Crippen MR) is 79.9 cm³/mol. The molecule has 0 spiro atoms. The minimum atomic E-state index is -0.693. The lowest BCUT2D eigenvalue weighted by atomic mass is 10.0. The summed E-state index contributed by atoms with van der Waals surface area (Å²) in [5.41, 5.74) is 2.72. The van der Waals surface area contributed by atoms with Crippen molar-refractivity contribution >= 4 is 0 Å². The van der Waals surface area contributed by atoms with Crippen LogP contribution in [-0.2, 0) is 6.42 Å². The largest absolute Gasteiger partial charge is 0.497 e. The smallest absolute Gasteiger partial charge is 0.121 e. The number of unbranched alkanes of at least 4 members (excludes halogenated alkanes) is 1. The van der Waals surface area contributed by atoms with Crippen LogP contribution in [0.2, 0.25) is 0 Å². The molecule has 0 bridgehead atoms. The highest BCUT2D eigenvalue weighted by atomic mass is 16.5. The molecule has 0 fully saturated rings. The maximum atomic E-state index is 10.3. The molecule has 2 aromatic rings. The van der Waals surface area contributed by atoms with Gasteiger partial charge in [0, 0.05) is 6.20 Å². The van der Waals surface area contributed by atoms with Gasteiger partial charge in [0.2, 0.25) is 0 Å². The summed E-state index contributed by atoms with van der Waals surface area (Å²) in [6.45, 7) is 2.18. The number of benzene rings is 1. The highest BCUT2D eigenvalue weighted by Crippen LogP contribution is 2.22. The molecule has 3 nitrogen and oxygen atoms in total. The number of aryl methyl sites for hydroxylation is 1. The van der Waals surface area contributed by atoms with Gasteiger partial charge in [-0.15, -0.1) is 0 Å². The van der Waals surface area contributed by atoms with Gasteiger partial charge in [-0.1, -0.05) is 31.5 Å². The van der Waals surface area contributed by atoms with Gasteiger partial charge in [-0.2, -0.15) is 0 Å². The molecule has 0 aliphatic carbocycles. The van der Waals surface area contributed by atoms with Gasteiger partial charge < -0.3 is 9.84 Å². The zero-order valence-corrected chi connectivity index (χ0v) is 12.0. The molecular formula is C17H21NO2. The summed E-state index contributed by atoms with van der Waals surface area (Å²) in [6, 6.07) is 11.3. The lowest BCUT2D eigenvalue weighted by Crippen LogP contribution is -2.02. The maximum absolute atomic E-state index is 10.3. The minimum Gasteiger partial charge on any atom is -0.497 e. The maximum Gasteiger partial charge on any atom is 0.121 e. The Labute approximate surface area is 120 Å². The van der Waals surface area contributed by atoms with Gasteiger partial charge in [-0.25, -0.2) is 0 Å². The van der Waals surface area contributed by atoms with Crippen LogP contribution in [0.15, 0.2) is 42.6 Å². The first-order chi connectivity index (χ1) is 9.74. The highest BCUT2D eigenvalue weighted by molar-refractivity contribution is 5.32. The third-order valence-electron chi connectivity index (χ3n) is 3.38. The lowest BCUT2D eigenvalue weighted by molar-refractivity contribution is 0.215. The summed E-state index contributed by atoms with van der Waals surface area (Å²) in [5, 5.41) is 10.3. The fraction of sp³-hybridized carbons (Fsp3) is 0.353. The molecule has 106 valence electrons. The van der Waals surface area contributed by atoms with Crippen molar-refractivity contribution in [3.05, 3.63) is 59.4 Å². The van der Waals surface area contributed by atoms with Crippen LogP contribution in [0.25, 0.3) is 0 Å². The Morgan fingerprint density at radius 2 is 1.90 bits per heavy atom. The number of pyridine rings is 1. The van der Waals surface area contributed by atoms with Crippen LogP contribution in [0.1, 0.15) is 42.7 Å². The van der Waals surface area contributed by atoms with E-state index in [1.165, 1.54) is 18.4 Å². The molecule has 0 aliphatic heterocycles. The Morgan fingerprint density at radius 1 is 1.15 bits per heavy atom. The Balaban J connectivity index is 2.09. The summed E-state index contributed by atoms with van der Waals surface area (Å²) in [4.78, 5) is 4.37. The van der Waals surface area contributed by atoms with Crippen molar-refractivity contribution < 1.29 is 9.84 Å². The van der Waals surface area contributed by atoms with E-state index in [1.54, 1.807) is 7.11 Å². The predicted octanol–water partition coefficient (Wildman–Crippen LogP) is 3.51. The van der Waals surface area contributed by atoms with E-state index >= 15 is 0 Å². The number of aliphatic hydroxyl groups is 1. The van der Waals surface area contributed by atoms with E-state index in [0.29, 0.717) is 5.69 Å². The third-order valence-corrected chi connectivity index (χ3v) is 3.38. The number of aliphatic hydroxyl groups excluding tert-OH is 1.